The Labute approximate surface area is 100 Å². The quantitative estimate of drug-likeness (QED) is 0.877. The molecule has 3 nitrogen and oxygen atoms in total. The van der Waals surface area contributed by atoms with Crippen molar-refractivity contribution in [3.05, 3.63) is 24.3 Å². The van der Waals surface area contributed by atoms with Crippen LogP contribution in [0.1, 0.15) is 13.8 Å². The Hall–Kier alpha value is -1.00. The lowest BCUT2D eigenvalue weighted by Gasteiger charge is -2.22. The summed E-state index contributed by atoms with van der Waals surface area (Å²) in [7, 11) is 0. The van der Waals surface area contributed by atoms with Crippen molar-refractivity contribution in [3.63, 3.8) is 0 Å². The van der Waals surface area contributed by atoms with Gasteiger partial charge in [-0.2, -0.15) is 0 Å². The summed E-state index contributed by atoms with van der Waals surface area (Å²) in [6.45, 7) is 4.94. The van der Waals surface area contributed by atoms with E-state index in [9.17, 15) is 0 Å². The maximum atomic E-state index is 5.88. The zero-order valence-electron chi connectivity index (χ0n) is 9.51. The molecule has 1 aromatic carbocycles. The second-order valence-electron chi connectivity index (χ2n) is 4.18. The third-order valence-corrected chi connectivity index (χ3v) is 3.36. The third-order valence-electron chi connectivity index (χ3n) is 2.17. The van der Waals surface area contributed by atoms with Gasteiger partial charge in [0, 0.05) is 4.90 Å². The van der Waals surface area contributed by atoms with Gasteiger partial charge in [-0.05, 0) is 18.1 Å². The number of nitrogens with two attached hydrogens (primary N) is 1. The monoisotopic (exact) mass is 236 g/mol. The summed E-state index contributed by atoms with van der Waals surface area (Å²) in [5.74, 6) is 1.06. The van der Waals surface area contributed by atoms with E-state index in [1.807, 2.05) is 24.3 Å². The van der Waals surface area contributed by atoms with Crippen molar-refractivity contribution >= 4 is 23.3 Å². The number of rotatable bonds is 3. The van der Waals surface area contributed by atoms with Crippen LogP contribution in [0.15, 0.2) is 34.2 Å². The number of hydrogen-bond acceptors (Lipinski definition) is 4. The number of fused-ring (bicyclic) bond motifs is 1. The second-order valence-corrected chi connectivity index (χ2v) is 5.29. The summed E-state index contributed by atoms with van der Waals surface area (Å²) in [5, 5.41) is 0. The fourth-order valence-corrected chi connectivity index (χ4v) is 2.36. The van der Waals surface area contributed by atoms with Crippen molar-refractivity contribution in [2.24, 2.45) is 16.6 Å². The Morgan fingerprint density at radius 1 is 1.44 bits per heavy atom. The molecule has 0 aliphatic carbocycles. The van der Waals surface area contributed by atoms with Crippen LogP contribution in [-0.2, 0) is 4.74 Å². The molecular weight excluding hydrogens is 220 g/mol. The molecule has 1 aliphatic heterocycles. The molecule has 0 aromatic heterocycles. The van der Waals surface area contributed by atoms with E-state index in [4.69, 9.17) is 10.5 Å². The first-order chi connectivity index (χ1) is 7.66. The van der Waals surface area contributed by atoms with E-state index in [1.165, 1.54) is 0 Å². The number of para-hydroxylation sites is 1. The van der Waals surface area contributed by atoms with E-state index < -0.39 is 0 Å². The van der Waals surface area contributed by atoms with E-state index in [0.717, 1.165) is 10.6 Å². The predicted octanol–water partition coefficient (Wildman–Crippen LogP) is 2.78. The largest absolute Gasteiger partial charge is 0.384 e. The molecule has 0 saturated heterocycles. The first-order valence-corrected chi connectivity index (χ1v) is 6.26. The van der Waals surface area contributed by atoms with Crippen LogP contribution >= 0.6 is 11.8 Å². The lowest BCUT2D eigenvalue weighted by atomic mass is 10.2. The van der Waals surface area contributed by atoms with E-state index >= 15 is 0 Å². The molecule has 4 heteroatoms. The molecule has 0 radical (unpaired) electrons. The lowest BCUT2D eigenvalue weighted by molar-refractivity contribution is 0.123. The molecule has 86 valence electrons. The molecular formula is C12H16N2OS. The Morgan fingerprint density at radius 3 is 2.94 bits per heavy atom. The van der Waals surface area contributed by atoms with Crippen molar-refractivity contribution in [1.82, 2.24) is 0 Å². The van der Waals surface area contributed by atoms with Gasteiger partial charge in [-0.3, -0.25) is 0 Å². The van der Waals surface area contributed by atoms with Crippen LogP contribution in [0, 0.1) is 5.92 Å². The van der Waals surface area contributed by atoms with Crippen molar-refractivity contribution in [3.8, 4) is 0 Å². The standard InChI is InChI=1S/C12H16N2OS/c1-8(2)7-15-12-11(13)14-9-5-3-4-6-10(9)16-12/h3-6,8,12H,7H2,1-2H3,(H2,13,14). The topological polar surface area (TPSA) is 47.6 Å². The molecule has 0 fully saturated rings. The molecule has 1 unspecified atom stereocenters. The molecule has 2 N–H and O–H groups in total. The van der Waals surface area contributed by atoms with Crippen molar-refractivity contribution in [2.75, 3.05) is 6.61 Å². The summed E-state index contributed by atoms with van der Waals surface area (Å²) < 4.78 is 5.72. The number of nitrogens with zero attached hydrogens (tertiary/aromatic N) is 1. The van der Waals surface area contributed by atoms with E-state index in [1.54, 1.807) is 11.8 Å². The van der Waals surface area contributed by atoms with Gasteiger partial charge in [0.15, 0.2) is 5.44 Å². The highest BCUT2D eigenvalue weighted by molar-refractivity contribution is 8.00. The van der Waals surface area contributed by atoms with Gasteiger partial charge in [-0.25, -0.2) is 4.99 Å². The third kappa shape index (κ3) is 2.57. The Bertz CT molecular complexity index is 404. The van der Waals surface area contributed by atoms with Crippen LogP contribution in [0.2, 0.25) is 0 Å². The van der Waals surface area contributed by atoms with Crippen LogP contribution in [-0.4, -0.2) is 17.9 Å². The van der Waals surface area contributed by atoms with Gasteiger partial charge in [0.05, 0.1) is 12.3 Å². The smallest absolute Gasteiger partial charge is 0.164 e. The minimum absolute atomic E-state index is 0.141. The lowest BCUT2D eigenvalue weighted by Crippen LogP contribution is -2.31. The average Bonchev–Trinajstić information content (AvgIpc) is 2.26. The Morgan fingerprint density at radius 2 is 2.19 bits per heavy atom. The van der Waals surface area contributed by atoms with Crippen molar-refractivity contribution in [1.29, 1.82) is 0 Å². The number of ether oxygens (including phenoxy) is 1. The Balaban J connectivity index is 2.11. The maximum Gasteiger partial charge on any atom is 0.164 e. The fraction of sp³-hybridized carbons (Fsp3) is 0.417. The minimum atomic E-state index is -0.141. The molecule has 16 heavy (non-hydrogen) atoms. The number of hydrogen-bond donors (Lipinski definition) is 1. The van der Waals surface area contributed by atoms with Crippen LogP contribution in [0.4, 0.5) is 5.69 Å². The van der Waals surface area contributed by atoms with Gasteiger partial charge in [-0.1, -0.05) is 37.7 Å². The summed E-state index contributed by atoms with van der Waals surface area (Å²) in [6, 6.07) is 7.98. The van der Waals surface area contributed by atoms with Crippen LogP contribution in [0.25, 0.3) is 0 Å². The first kappa shape index (κ1) is 11.5. The van der Waals surface area contributed by atoms with E-state index in [0.29, 0.717) is 18.4 Å². The zero-order valence-corrected chi connectivity index (χ0v) is 10.3. The SMILES string of the molecule is CC(C)COC1Sc2ccccc2N=C1N. The predicted molar refractivity (Wildman–Crippen MR) is 68.2 cm³/mol. The highest BCUT2D eigenvalue weighted by atomic mass is 32.2. The van der Waals surface area contributed by atoms with Crippen molar-refractivity contribution < 1.29 is 4.74 Å². The number of benzene rings is 1. The Kier molecular flexibility index (Phi) is 3.51. The van der Waals surface area contributed by atoms with Crippen molar-refractivity contribution in [2.45, 2.75) is 24.2 Å². The maximum absolute atomic E-state index is 5.88. The molecule has 0 bridgehead atoms. The average molecular weight is 236 g/mol. The van der Waals surface area contributed by atoms with Gasteiger partial charge in [0.1, 0.15) is 5.84 Å². The van der Waals surface area contributed by atoms with Gasteiger partial charge < -0.3 is 10.5 Å². The van der Waals surface area contributed by atoms with Gasteiger partial charge in [0.25, 0.3) is 0 Å². The molecule has 1 heterocycles. The van der Waals surface area contributed by atoms with Gasteiger partial charge in [0.2, 0.25) is 0 Å². The summed E-state index contributed by atoms with van der Waals surface area (Å²) in [4.78, 5) is 5.48. The highest BCUT2D eigenvalue weighted by Crippen LogP contribution is 2.37. The molecule has 0 amide bonds. The highest BCUT2D eigenvalue weighted by Gasteiger charge is 2.22. The molecule has 1 aliphatic rings. The second kappa shape index (κ2) is 4.89. The van der Waals surface area contributed by atoms with Crippen LogP contribution in [0.3, 0.4) is 0 Å². The number of amidine groups is 1. The molecule has 0 saturated carbocycles. The van der Waals surface area contributed by atoms with Gasteiger partial charge >= 0.3 is 0 Å². The molecule has 1 atom stereocenters. The zero-order chi connectivity index (χ0) is 11.5. The molecule has 0 spiro atoms. The van der Waals surface area contributed by atoms with E-state index in [-0.39, 0.29) is 5.44 Å². The summed E-state index contributed by atoms with van der Waals surface area (Å²) in [6.07, 6.45) is 0. The van der Waals surface area contributed by atoms with Crippen LogP contribution in [0.5, 0.6) is 0 Å². The normalized spacial score (nSPS) is 19.4. The number of thioether (sulfide) groups is 1. The van der Waals surface area contributed by atoms with Crippen LogP contribution < -0.4 is 5.73 Å². The first-order valence-electron chi connectivity index (χ1n) is 5.38. The molecule has 2 rings (SSSR count). The summed E-state index contributed by atoms with van der Waals surface area (Å²) in [5.41, 5.74) is 6.68. The number of aliphatic imine (C=N–C) groups is 1. The summed E-state index contributed by atoms with van der Waals surface area (Å²) >= 11 is 1.63. The van der Waals surface area contributed by atoms with E-state index in [2.05, 4.69) is 18.8 Å². The fourth-order valence-electron chi connectivity index (χ4n) is 1.42. The molecule has 1 aromatic rings. The minimum Gasteiger partial charge on any atom is -0.384 e. The van der Waals surface area contributed by atoms with Gasteiger partial charge in [-0.15, -0.1) is 0 Å².